The largest absolute Gasteiger partial charge is 0.478 e. The van der Waals surface area contributed by atoms with Crippen molar-refractivity contribution in [3.05, 3.63) is 33.2 Å². The third-order valence-electron chi connectivity index (χ3n) is 2.23. The van der Waals surface area contributed by atoms with Crippen LogP contribution >= 0.6 is 22.6 Å². The van der Waals surface area contributed by atoms with Crippen LogP contribution in [0.15, 0.2) is 27.6 Å². The van der Waals surface area contributed by atoms with E-state index >= 15 is 0 Å². The van der Waals surface area contributed by atoms with Gasteiger partial charge in [-0.1, -0.05) is 5.16 Å². The minimum atomic E-state index is -3.99. The lowest BCUT2D eigenvalue weighted by atomic mass is 10.2. The Morgan fingerprint density at radius 2 is 2.15 bits per heavy atom. The molecule has 0 aliphatic heterocycles. The molecule has 20 heavy (non-hydrogen) atoms. The number of aromatic nitrogens is 2. The van der Waals surface area contributed by atoms with E-state index in [0.29, 0.717) is 3.57 Å². The summed E-state index contributed by atoms with van der Waals surface area (Å²) in [7, 11) is -3.99. The van der Waals surface area contributed by atoms with Crippen LogP contribution in [0.25, 0.3) is 0 Å². The number of anilines is 1. The van der Waals surface area contributed by atoms with Crippen molar-refractivity contribution >= 4 is 44.6 Å². The van der Waals surface area contributed by atoms with Crippen LogP contribution in [0.3, 0.4) is 0 Å². The Hall–Kier alpha value is -1.69. The number of halogens is 1. The van der Waals surface area contributed by atoms with Gasteiger partial charge in [-0.2, -0.15) is 4.98 Å². The van der Waals surface area contributed by atoms with E-state index in [-0.39, 0.29) is 22.3 Å². The number of aromatic carboxylic acids is 1. The molecule has 106 valence electrons. The van der Waals surface area contributed by atoms with E-state index in [9.17, 15) is 13.2 Å². The van der Waals surface area contributed by atoms with E-state index < -0.39 is 16.0 Å². The van der Waals surface area contributed by atoms with Crippen LogP contribution in [-0.4, -0.2) is 29.6 Å². The first kappa shape index (κ1) is 14.7. The van der Waals surface area contributed by atoms with Gasteiger partial charge in [0.15, 0.2) is 5.82 Å². The van der Waals surface area contributed by atoms with Gasteiger partial charge in [0.2, 0.25) is 0 Å². The third kappa shape index (κ3) is 3.07. The second-order valence-corrected chi connectivity index (χ2v) is 6.54. The Morgan fingerprint density at radius 1 is 1.45 bits per heavy atom. The number of carboxylic acid groups (broad SMARTS) is 1. The summed E-state index contributed by atoms with van der Waals surface area (Å²) in [6.45, 7) is 1.54. The van der Waals surface area contributed by atoms with Gasteiger partial charge in [0.05, 0.1) is 10.5 Å². The number of sulfonamides is 1. The standard InChI is InChI=1S/C10H8IN3O5S/c1-5-12-10(19-13-5)14-20(17,18)6-2-3-8(11)7(4-6)9(15)16/h2-4H,1H3,(H,15,16)(H,12,13,14). The lowest BCUT2D eigenvalue weighted by molar-refractivity contribution is 0.0695. The zero-order chi connectivity index (χ0) is 14.9. The summed E-state index contributed by atoms with van der Waals surface area (Å²) in [6, 6.07) is 3.48. The van der Waals surface area contributed by atoms with Gasteiger partial charge >= 0.3 is 12.0 Å². The fourth-order valence-electron chi connectivity index (χ4n) is 1.35. The van der Waals surface area contributed by atoms with E-state index in [1.165, 1.54) is 19.1 Å². The Balaban J connectivity index is 2.39. The number of benzene rings is 1. The molecule has 0 saturated carbocycles. The first-order valence-electron chi connectivity index (χ1n) is 5.15. The van der Waals surface area contributed by atoms with E-state index in [1.807, 2.05) is 22.6 Å². The fraction of sp³-hybridized carbons (Fsp3) is 0.100. The second kappa shape index (κ2) is 5.36. The van der Waals surface area contributed by atoms with Crippen molar-refractivity contribution in [1.29, 1.82) is 0 Å². The number of nitrogens with zero attached hydrogens (tertiary/aromatic N) is 2. The van der Waals surface area contributed by atoms with Gasteiger partial charge in [0, 0.05) is 3.57 Å². The third-order valence-corrected chi connectivity index (χ3v) is 4.49. The molecule has 0 fully saturated rings. The lowest BCUT2D eigenvalue weighted by Gasteiger charge is -2.06. The molecular weight excluding hydrogens is 401 g/mol. The summed E-state index contributed by atoms with van der Waals surface area (Å²) in [5.41, 5.74) is -0.102. The first-order chi connectivity index (χ1) is 9.29. The van der Waals surface area contributed by atoms with Gasteiger partial charge in [-0.15, -0.1) is 0 Å². The van der Waals surface area contributed by atoms with Crippen molar-refractivity contribution in [3.63, 3.8) is 0 Å². The molecule has 8 nitrogen and oxygen atoms in total. The SMILES string of the molecule is Cc1noc(NS(=O)(=O)c2ccc(I)c(C(=O)O)c2)n1. The highest BCUT2D eigenvalue weighted by Gasteiger charge is 2.20. The first-order valence-corrected chi connectivity index (χ1v) is 7.72. The monoisotopic (exact) mass is 409 g/mol. The molecule has 0 spiro atoms. The molecule has 1 aromatic carbocycles. The molecule has 0 atom stereocenters. The minimum Gasteiger partial charge on any atom is -0.478 e. The van der Waals surface area contributed by atoms with Crippen molar-refractivity contribution in [2.75, 3.05) is 4.72 Å². The highest BCUT2D eigenvalue weighted by molar-refractivity contribution is 14.1. The molecular formula is C10H8IN3O5S. The highest BCUT2D eigenvalue weighted by atomic mass is 127. The van der Waals surface area contributed by atoms with Crippen LogP contribution in [0.2, 0.25) is 0 Å². The summed E-state index contributed by atoms with van der Waals surface area (Å²) >= 11 is 1.81. The summed E-state index contributed by atoms with van der Waals surface area (Å²) in [5.74, 6) is -0.934. The van der Waals surface area contributed by atoms with Crippen LogP contribution in [0.1, 0.15) is 16.2 Å². The quantitative estimate of drug-likeness (QED) is 0.734. The van der Waals surface area contributed by atoms with E-state index in [2.05, 4.69) is 19.4 Å². The Bertz CT molecular complexity index is 771. The predicted octanol–water partition coefficient (Wildman–Crippen LogP) is 1.48. The summed E-state index contributed by atoms with van der Waals surface area (Å²) in [6.07, 6.45) is 0. The van der Waals surface area contributed by atoms with E-state index in [1.54, 1.807) is 0 Å². The summed E-state index contributed by atoms with van der Waals surface area (Å²) < 4.78 is 31.3. The topological polar surface area (TPSA) is 122 Å². The van der Waals surface area contributed by atoms with Gasteiger partial charge in [0.1, 0.15) is 0 Å². The molecule has 0 radical (unpaired) electrons. The highest BCUT2D eigenvalue weighted by Crippen LogP contribution is 2.20. The zero-order valence-electron chi connectivity index (χ0n) is 9.99. The molecule has 1 heterocycles. The Kier molecular flexibility index (Phi) is 3.94. The number of rotatable bonds is 4. The van der Waals surface area contributed by atoms with Crippen molar-refractivity contribution in [3.8, 4) is 0 Å². The second-order valence-electron chi connectivity index (χ2n) is 3.70. The van der Waals surface area contributed by atoms with Crippen molar-refractivity contribution in [2.45, 2.75) is 11.8 Å². The number of hydrogen-bond acceptors (Lipinski definition) is 6. The number of aryl methyl sites for hydroxylation is 1. The normalized spacial score (nSPS) is 11.3. The zero-order valence-corrected chi connectivity index (χ0v) is 13.0. The van der Waals surface area contributed by atoms with E-state index in [4.69, 9.17) is 5.11 Å². The van der Waals surface area contributed by atoms with E-state index in [0.717, 1.165) is 6.07 Å². The van der Waals surface area contributed by atoms with Gasteiger partial charge in [-0.3, -0.25) is 0 Å². The predicted molar refractivity (Wildman–Crippen MR) is 76.0 cm³/mol. The average Bonchev–Trinajstić information content (AvgIpc) is 2.73. The van der Waals surface area contributed by atoms with Gasteiger partial charge < -0.3 is 9.63 Å². The maximum absolute atomic E-state index is 12.1. The number of carbonyl (C=O) groups is 1. The van der Waals surface area contributed by atoms with Crippen LogP contribution in [0.5, 0.6) is 0 Å². The smallest absolute Gasteiger partial charge is 0.336 e. The molecule has 0 bridgehead atoms. The van der Waals surface area contributed by atoms with Gasteiger partial charge in [-0.25, -0.2) is 17.9 Å². The van der Waals surface area contributed by atoms with Crippen LogP contribution in [-0.2, 0) is 10.0 Å². The molecule has 10 heteroatoms. The van der Waals surface area contributed by atoms with Crippen molar-refractivity contribution < 1.29 is 22.8 Å². The van der Waals surface area contributed by atoms with Crippen molar-refractivity contribution in [2.24, 2.45) is 0 Å². The Labute approximate surface area is 127 Å². The summed E-state index contributed by atoms with van der Waals surface area (Å²) in [5, 5.41) is 12.4. The molecule has 0 unspecified atom stereocenters. The fourth-order valence-corrected chi connectivity index (χ4v) is 2.86. The number of hydrogen-bond donors (Lipinski definition) is 2. The maximum Gasteiger partial charge on any atom is 0.336 e. The molecule has 0 amide bonds. The molecule has 0 aliphatic carbocycles. The average molecular weight is 409 g/mol. The van der Waals surface area contributed by atoms with Crippen LogP contribution in [0.4, 0.5) is 6.01 Å². The molecule has 2 N–H and O–H groups in total. The Morgan fingerprint density at radius 3 is 2.70 bits per heavy atom. The maximum atomic E-state index is 12.1. The molecule has 2 aromatic rings. The molecule has 0 saturated heterocycles. The van der Waals surface area contributed by atoms with Crippen LogP contribution in [0, 0.1) is 10.5 Å². The molecule has 0 aliphatic rings. The van der Waals surface area contributed by atoms with Crippen LogP contribution < -0.4 is 4.72 Å². The summed E-state index contributed by atoms with van der Waals surface area (Å²) in [4.78, 5) is 14.5. The van der Waals surface area contributed by atoms with Crippen molar-refractivity contribution in [1.82, 2.24) is 10.1 Å². The molecule has 1 aromatic heterocycles. The van der Waals surface area contributed by atoms with Gasteiger partial charge in [-0.05, 0) is 47.7 Å². The van der Waals surface area contributed by atoms with Gasteiger partial charge in [0.25, 0.3) is 10.0 Å². The minimum absolute atomic E-state index is 0.102. The number of nitrogens with one attached hydrogen (secondary N) is 1. The number of carboxylic acids is 1. The molecule has 2 rings (SSSR count). The lowest BCUT2D eigenvalue weighted by Crippen LogP contribution is -2.14.